The zero-order valence-electron chi connectivity index (χ0n) is 14.3. The van der Waals surface area contributed by atoms with Crippen LogP contribution in [0, 0.1) is 0 Å². The van der Waals surface area contributed by atoms with Crippen molar-refractivity contribution in [3.05, 3.63) is 0 Å². The second kappa shape index (κ2) is 8.12. The van der Waals surface area contributed by atoms with Crippen LogP contribution >= 0.6 is 0 Å². The molecule has 1 N–H and O–H groups in total. The van der Waals surface area contributed by atoms with Crippen molar-refractivity contribution >= 4 is 17.8 Å². The molecule has 1 aromatic rings. The molecular formula is C15H29N7. The molecule has 0 atom stereocenters. The summed E-state index contributed by atoms with van der Waals surface area (Å²) in [5.41, 5.74) is 0. The van der Waals surface area contributed by atoms with Gasteiger partial charge in [0.05, 0.1) is 0 Å². The molecular weight excluding hydrogens is 278 g/mol. The van der Waals surface area contributed by atoms with E-state index in [1.54, 1.807) is 0 Å². The summed E-state index contributed by atoms with van der Waals surface area (Å²) in [4.78, 5) is 20.8. The standard InChI is InChI=1S/C15H29N7/c1-5-20(6-2)13-17-14(21(7-3)8-4)19-15(18-13)22-11-9-16-10-12-22/h16H,5-12H2,1-4H3. The van der Waals surface area contributed by atoms with Gasteiger partial charge in [0, 0.05) is 52.4 Å². The van der Waals surface area contributed by atoms with Gasteiger partial charge in [-0.3, -0.25) is 0 Å². The maximum Gasteiger partial charge on any atom is 0.232 e. The van der Waals surface area contributed by atoms with Gasteiger partial charge in [-0.1, -0.05) is 0 Å². The highest BCUT2D eigenvalue weighted by Crippen LogP contribution is 2.19. The van der Waals surface area contributed by atoms with Gasteiger partial charge in [-0.2, -0.15) is 15.0 Å². The van der Waals surface area contributed by atoms with E-state index < -0.39 is 0 Å². The van der Waals surface area contributed by atoms with E-state index in [0.29, 0.717) is 0 Å². The van der Waals surface area contributed by atoms with Crippen LogP contribution in [0.3, 0.4) is 0 Å². The molecule has 0 amide bonds. The Hall–Kier alpha value is -1.63. The van der Waals surface area contributed by atoms with E-state index in [9.17, 15) is 0 Å². The normalized spacial score (nSPS) is 15.0. The first-order valence-electron chi connectivity index (χ1n) is 8.45. The van der Waals surface area contributed by atoms with E-state index in [0.717, 1.165) is 70.2 Å². The molecule has 0 aliphatic carbocycles. The molecule has 1 saturated heterocycles. The highest BCUT2D eigenvalue weighted by Gasteiger charge is 2.19. The van der Waals surface area contributed by atoms with Crippen LogP contribution in [0.1, 0.15) is 27.7 Å². The monoisotopic (exact) mass is 307 g/mol. The number of nitrogens with one attached hydrogen (secondary N) is 1. The van der Waals surface area contributed by atoms with Gasteiger partial charge in [0.25, 0.3) is 0 Å². The van der Waals surface area contributed by atoms with Crippen molar-refractivity contribution in [3.8, 4) is 0 Å². The Morgan fingerprint density at radius 1 is 0.818 bits per heavy atom. The largest absolute Gasteiger partial charge is 0.341 e. The van der Waals surface area contributed by atoms with Gasteiger partial charge < -0.3 is 20.0 Å². The molecule has 1 aromatic heterocycles. The van der Waals surface area contributed by atoms with E-state index >= 15 is 0 Å². The smallest absolute Gasteiger partial charge is 0.232 e. The third-order valence-corrected chi connectivity index (χ3v) is 4.09. The molecule has 0 saturated carbocycles. The van der Waals surface area contributed by atoms with E-state index in [1.807, 2.05) is 0 Å². The summed E-state index contributed by atoms with van der Waals surface area (Å²) in [6.45, 7) is 16.0. The van der Waals surface area contributed by atoms with Crippen molar-refractivity contribution in [2.45, 2.75) is 27.7 Å². The third-order valence-electron chi connectivity index (χ3n) is 4.09. The number of nitrogens with zero attached hydrogens (tertiary/aromatic N) is 6. The molecule has 7 nitrogen and oxygen atoms in total. The molecule has 1 fully saturated rings. The lowest BCUT2D eigenvalue weighted by Crippen LogP contribution is -2.44. The zero-order valence-corrected chi connectivity index (χ0v) is 14.3. The molecule has 0 radical (unpaired) electrons. The lowest BCUT2D eigenvalue weighted by Gasteiger charge is -2.30. The van der Waals surface area contributed by atoms with Crippen molar-refractivity contribution in [1.29, 1.82) is 0 Å². The fraction of sp³-hybridized carbons (Fsp3) is 0.800. The highest BCUT2D eigenvalue weighted by atomic mass is 15.4. The van der Waals surface area contributed by atoms with Gasteiger partial charge in [-0.25, -0.2) is 0 Å². The molecule has 2 rings (SSSR count). The minimum atomic E-state index is 0.787. The molecule has 1 aliphatic heterocycles. The summed E-state index contributed by atoms with van der Waals surface area (Å²) in [5, 5.41) is 3.37. The first-order valence-corrected chi connectivity index (χ1v) is 8.45. The molecule has 22 heavy (non-hydrogen) atoms. The Morgan fingerprint density at radius 2 is 1.27 bits per heavy atom. The van der Waals surface area contributed by atoms with Crippen molar-refractivity contribution in [2.24, 2.45) is 0 Å². The van der Waals surface area contributed by atoms with E-state index in [1.165, 1.54) is 0 Å². The van der Waals surface area contributed by atoms with Gasteiger partial charge in [-0.05, 0) is 27.7 Å². The predicted octanol–water partition coefficient (Wildman–Crippen LogP) is 0.974. The van der Waals surface area contributed by atoms with E-state index in [2.05, 4.69) is 47.7 Å². The van der Waals surface area contributed by atoms with Crippen LogP contribution in [0.15, 0.2) is 0 Å². The van der Waals surface area contributed by atoms with Crippen LogP contribution in [0.5, 0.6) is 0 Å². The first kappa shape index (κ1) is 16.7. The Balaban J connectivity index is 2.38. The van der Waals surface area contributed by atoms with Gasteiger partial charge in [-0.15, -0.1) is 0 Å². The summed E-state index contributed by atoms with van der Waals surface area (Å²) < 4.78 is 0. The number of rotatable bonds is 7. The fourth-order valence-corrected chi connectivity index (χ4v) is 2.65. The molecule has 1 aliphatic rings. The lowest BCUT2D eigenvalue weighted by atomic mass is 10.4. The van der Waals surface area contributed by atoms with Crippen molar-refractivity contribution in [1.82, 2.24) is 20.3 Å². The topological polar surface area (TPSA) is 60.4 Å². The average molecular weight is 307 g/mol. The van der Waals surface area contributed by atoms with E-state index in [4.69, 9.17) is 15.0 Å². The lowest BCUT2D eigenvalue weighted by molar-refractivity contribution is 0.578. The molecule has 0 aromatic carbocycles. The van der Waals surface area contributed by atoms with Crippen LogP contribution in [0.2, 0.25) is 0 Å². The number of anilines is 3. The quantitative estimate of drug-likeness (QED) is 0.805. The molecule has 7 heteroatoms. The Bertz CT molecular complexity index is 421. The number of hydrogen-bond donors (Lipinski definition) is 1. The summed E-state index contributed by atoms with van der Waals surface area (Å²) in [6, 6.07) is 0. The van der Waals surface area contributed by atoms with Crippen LogP contribution in [-0.4, -0.2) is 67.3 Å². The summed E-state index contributed by atoms with van der Waals surface area (Å²) >= 11 is 0. The van der Waals surface area contributed by atoms with Crippen molar-refractivity contribution in [3.63, 3.8) is 0 Å². The summed E-state index contributed by atoms with van der Waals surface area (Å²) in [5.74, 6) is 2.38. The predicted molar refractivity (Wildman–Crippen MR) is 92.0 cm³/mol. The summed E-state index contributed by atoms with van der Waals surface area (Å²) in [7, 11) is 0. The fourth-order valence-electron chi connectivity index (χ4n) is 2.65. The van der Waals surface area contributed by atoms with Crippen LogP contribution in [0.25, 0.3) is 0 Å². The first-order chi connectivity index (χ1) is 10.7. The molecule has 0 spiro atoms. The van der Waals surface area contributed by atoms with Crippen LogP contribution in [0.4, 0.5) is 17.8 Å². The maximum absolute atomic E-state index is 4.73. The minimum Gasteiger partial charge on any atom is -0.341 e. The third kappa shape index (κ3) is 3.76. The van der Waals surface area contributed by atoms with Crippen LogP contribution in [-0.2, 0) is 0 Å². The Morgan fingerprint density at radius 3 is 1.68 bits per heavy atom. The number of piperazine rings is 1. The summed E-state index contributed by atoms with van der Waals surface area (Å²) in [6.07, 6.45) is 0. The van der Waals surface area contributed by atoms with Gasteiger partial charge in [0.1, 0.15) is 0 Å². The highest BCUT2D eigenvalue weighted by molar-refractivity contribution is 5.46. The van der Waals surface area contributed by atoms with Crippen molar-refractivity contribution in [2.75, 3.05) is 67.1 Å². The second-order valence-corrected chi connectivity index (χ2v) is 5.32. The Labute approximate surface area is 133 Å². The molecule has 0 bridgehead atoms. The average Bonchev–Trinajstić information content (AvgIpc) is 2.58. The Kier molecular flexibility index (Phi) is 6.18. The zero-order chi connectivity index (χ0) is 15.9. The van der Waals surface area contributed by atoms with Crippen LogP contribution < -0.4 is 20.0 Å². The molecule has 0 unspecified atom stereocenters. The maximum atomic E-state index is 4.73. The molecule has 2 heterocycles. The van der Waals surface area contributed by atoms with Gasteiger partial charge >= 0.3 is 0 Å². The van der Waals surface area contributed by atoms with Gasteiger partial charge in [0.2, 0.25) is 17.8 Å². The molecule has 124 valence electrons. The van der Waals surface area contributed by atoms with Crippen molar-refractivity contribution < 1.29 is 0 Å². The number of hydrogen-bond acceptors (Lipinski definition) is 7. The minimum absolute atomic E-state index is 0.787. The number of aromatic nitrogens is 3. The van der Waals surface area contributed by atoms with E-state index in [-0.39, 0.29) is 0 Å². The van der Waals surface area contributed by atoms with Gasteiger partial charge in [0.15, 0.2) is 0 Å². The second-order valence-electron chi connectivity index (χ2n) is 5.32. The SMILES string of the molecule is CCN(CC)c1nc(N(CC)CC)nc(N2CCNCC2)n1.